The van der Waals surface area contributed by atoms with Crippen molar-refractivity contribution in [1.29, 1.82) is 0 Å². The highest BCUT2D eigenvalue weighted by atomic mass is 16.6. The summed E-state index contributed by atoms with van der Waals surface area (Å²) in [4.78, 5) is 14.2. The fraction of sp³-hybridized carbons (Fsp3) is 0.0833. The Labute approximate surface area is 108 Å². The van der Waals surface area contributed by atoms with Crippen LogP contribution in [0.3, 0.4) is 0 Å². The number of aromatic nitrogens is 1. The number of hydrogen-bond donors (Lipinski definition) is 1. The molecule has 1 heterocycles. The highest BCUT2D eigenvalue weighted by Crippen LogP contribution is 2.31. The van der Waals surface area contributed by atoms with Gasteiger partial charge in [0.25, 0.3) is 0 Å². The van der Waals surface area contributed by atoms with Crippen LogP contribution >= 0.6 is 0 Å². The first kappa shape index (κ1) is 12.6. The SMILES string of the molecule is COc1ccc([N+](=O)[O-])c(Oc2ccc(N)cc2)n1. The smallest absolute Gasteiger partial charge is 0.331 e. The molecule has 2 aromatic rings. The van der Waals surface area contributed by atoms with Crippen molar-refractivity contribution in [3.63, 3.8) is 0 Å². The number of rotatable bonds is 4. The average molecular weight is 261 g/mol. The van der Waals surface area contributed by atoms with E-state index < -0.39 is 4.92 Å². The van der Waals surface area contributed by atoms with Gasteiger partial charge in [-0.1, -0.05) is 0 Å². The fourth-order valence-electron chi connectivity index (χ4n) is 1.39. The number of nitrogens with zero attached hydrogens (tertiary/aromatic N) is 2. The lowest BCUT2D eigenvalue weighted by Crippen LogP contribution is -1.98. The Kier molecular flexibility index (Phi) is 3.46. The van der Waals surface area contributed by atoms with E-state index in [0.717, 1.165) is 0 Å². The zero-order valence-corrected chi connectivity index (χ0v) is 10.1. The molecule has 7 nitrogen and oxygen atoms in total. The summed E-state index contributed by atoms with van der Waals surface area (Å²) in [5.41, 5.74) is 5.88. The number of hydrogen-bond acceptors (Lipinski definition) is 6. The van der Waals surface area contributed by atoms with Crippen LogP contribution in [0.25, 0.3) is 0 Å². The molecule has 0 amide bonds. The Morgan fingerprint density at radius 2 is 1.89 bits per heavy atom. The second kappa shape index (κ2) is 5.21. The average Bonchev–Trinajstić information content (AvgIpc) is 2.41. The molecule has 19 heavy (non-hydrogen) atoms. The van der Waals surface area contributed by atoms with Crippen LogP contribution in [0.2, 0.25) is 0 Å². The van der Waals surface area contributed by atoms with Crippen molar-refractivity contribution in [2.24, 2.45) is 0 Å². The standard InChI is InChI=1S/C12H11N3O4/c1-18-11-7-6-10(15(16)17)12(14-11)19-9-4-2-8(13)3-5-9/h2-7H,13H2,1H3. The van der Waals surface area contributed by atoms with Crippen molar-refractivity contribution < 1.29 is 14.4 Å². The fourth-order valence-corrected chi connectivity index (χ4v) is 1.39. The van der Waals surface area contributed by atoms with Crippen LogP contribution < -0.4 is 15.2 Å². The third-order valence-electron chi connectivity index (χ3n) is 2.32. The molecule has 0 aliphatic carbocycles. The molecule has 0 spiro atoms. The minimum Gasteiger partial charge on any atom is -0.481 e. The van der Waals surface area contributed by atoms with Crippen LogP contribution in [-0.2, 0) is 0 Å². The lowest BCUT2D eigenvalue weighted by molar-refractivity contribution is -0.386. The summed E-state index contributed by atoms with van der Waals surface area (Å²) in [6, 6.07) is 9.12. The molecule has 0 aliphatic heterocycles. The number of methoxy groups -OCH3 is 1. The molecule has 0 atom stereocenters. The summed E-state index contributed by atoms with van der Waals surface area (Å²) < 4.78 is 10.3. The van der Waals surface area contributed by atoms with Gasteiger partial charge in [-0.05, 0) is 24.3 Å². The number of nitrogens with two attached hydrogens (primary N) is 1. The van der Waals surface area contributed by atoms with Crippen molar-refractivity contribution in [1.82, 2.24) is 4.98 Å². The number of pyridine rings is 1. The molecule has 1 aromatic carbocycles. The number of anilines is 1. The normalized spacial score (nSPS) is 9.95. The van der Waals surface area contributed by atoms with E-state index in [1.54, 1.807) is 24.3 Å². The van der Waals surface area contributed by atoms with Crippen LogP contribution in [0.1, 0.15) is 0 Å². The van der Waals surface area contributed by atoms with Crippen molar-refractivity contribution >= 4 is 11.4 Å². The molecule has 0 saturated heterocycles. The van der Waals surface area contributed by atoms with Gasteiger partial charge in [-0.25, -0.2) is 0 Å². The van der Waals surface area contributed by atoms with Crippen LogP contribution in [0.15, 0.2) is 36.4 Å². The van der Waals surface area contributed by atoms with E-state index in [9.17, 15) is 10.1 Å². The molecule has 0 aliphatic rings. The Bertz CT molecular complexity index is 598. The summed E-state index contributed by atoms with van der Waals surface area (Å²) in [7, 11) is 1.42. The molecule has 0 saturated carbocycles. The van der Waals surface area contributed by atoms with Crippen molar-refractivity contribution in [2.75, 3.05) is 12.8 Å². The molecule has 7 heteroatoms. The number of nitro groups is 1. The number of benzene rings is 1. The zero-order valence-electron chi connectivity index (χ0n) is 10.1. The van der Waals surface area contributed by atoms with E-state index in [4.69, 9.17) is 15.2 Å². The summed E-state index contributed by atoms with van der Waals surface area (Å²) in [6.45, 7) is 0. The van der Waals surface area contributed by atoms with Crippen molar-refractivity contribution in [3.8, 4) is 17.5 Å². The second-order valence-electron chi connectivity index (χ2n) is 3.61. The Morgan fingerprint density at radius 1 is 1.21 bits per heavy atom. The first-order valence-corrected chi connectivity index (χ1v) is 5.33. The van der Waals surface area contributed by atoms with Gasteiger partial charge in [-0.3, -0.25) is 10.1 Å². The molecule has 0 radical (unpaired) electrons. The monoisotopic (exact) mass is 261 g/mol. The predicted octanol–water partition coefficient (Wildman–Crippen LogP) is 2.37. The molecule has 1 aromatic heterocycles. The lowest BCUT2D eigenvalue weighted by atomic mass is 10.3. The highest BCUT2D eigenvalue weighted by Gasteiger charge is 2.18. The van der Waals surface area contributed by atoms with Gasteiger partial charge < -0.3 is 15.2 Å². The van der Waals surface area contributed by atoms with Gasteiger partial charge in [-0.2, -0.15) is 4.98 Å². The Balaban J connectivity index is 2.36. The molecular weight excluding hydrogens is 250 g/mol. The third kappa shape index (κ3) is 2.89. The maximum Gasteiger partial charge on any atom is 0.331 e. The predicted molar refractivity (Wildman–Crippen MR) is 68.4 cm³/mol. The summed E-state index contributed by atoms with van der Waals surface area (Å²) in [5.74, 6) is 0.503. The van der Waals surface area contributed by atoms with E-state index in [2.05, 4.69) is 4.98 Å². The minimum absolute atomic E-state index is 0.130. The van der Waals surface area contributed by atoms with Gasteiger partial charge in [0.1, 0.15) is 5.75 Å². The zero-order chi connectivity index (χ0) is 13.8. The molecule has 2 N–H and O–H groups in total. The summed E-state index contributed by atoms with van der Waals surface area (Å²) in [5, 5.41) is 10.9. The summed E-state index contributed by atoms with van der Waals surface area (Å²) >= 11 is 0. The van der Waals surface area contributed by atoms with Gasteiger partial charge in [0, 0.05) is 17.8 Å². The maximum absolute atomic E-state index is 10.9. The van der Waals surface area contributed by atoms with Crippen LogP contribution in [0.5, 0.6) is 17.5 Å². The molecule has 0 bridgehead atoms. The quantitative estimate of drug-likeness (QED) is 0.515. The largest absolute Gasteiger partial charge is 0.481 e. The van der Waals surface area contributed by atoms with E-state index >= 15 is 0 Å². The minimum atomic E-state index is -0.570. The van der Waals surface area contributed by atoms with E-state index in [0.29, 0.717) is 11.4 Å². The third-order valence-corrected chi connectivity index (χ3v) is 2.32. The molecule has 98 valence electrons. The highest BCUT2D eigenvalue weighted by molar-refractivity contribution is 5.47. The first-order chi connectivity index (χ1) is 9.10. The number of nitrogen functional groups attached to an aromatic ring is 1. The van der Waals surface area contributed by atoms with E-state index in [1.807, 2.05) is 0 Å². The summed E-state index contributed by atoms with van der Waals surface area (Å²) in [6.07, 6.45) is 0. The van der Waals surface area contributed by atoms with Gasteiger partial charge in [0.15, 0.2) is 0 Å². The van der Waals surface area contributed by atoms with E-state index in [1.165, 1.54) is 19.2 Å². The molecule has 0 fully saturated rings. The number of ether oxygens (including phenoxy) is 2. The van der Waals surface area contributed by atoms with E-state index in [-0.39, 0.29) is 17.4 Å². The van der Waals surface area contributed by atoms with Gasteiger partial charge in [0.2, 0.25) is 5.88 Å². The maximum atomic E-state index is 10.9. The van der Waals surface area contributed by atoms with Gasteiger partial charge in [-0.15, -0.1) is 0 Å². The van der Waals surface area contributed by atoms with Crippen LogP contribution in [0, 0.1) is 10.1 Å². The first-order valence-electron chi connectivity index (χ1n) is 5.33. The molecule has 2 rings (SSSR count). The molecular formula is C12H11N3O4. The lowest BCUT2D eigenvalue weighted by Gasteiger charge is -2.06. The van der Waals surface area contributed by atoms with Crippen molar-refractivity contribution in [3.05, 3.63) is 46.5 Å². The van der Waals surface area contributed by atoms with Crippen LogP contribution in [-0.4, -0.2) is 17.0 Å². The second-order valence-corrected chi connectivity index (χ2v) is 3.61. The Hall–Kier alpha value is -2.83. The Morgan fingerprint density at radius 3 is 2.47 bits per heavy atom. The molecule has 0 unspecified atom stereocenters. The van der Waals surface area contributed by atoms with Gasteiger partial charge >= 0.3 is 11.6 Å². The van der Waals surface area contributed by atoms with Crippen LogP contribution in [0.4, 0.5) is 11.4 Å². The van der Waals surface area contributed by atoms with Gasteiger partial charge in [0.05, 0.1) is 12.0 Å². The topological polar surface area (TPSA) is 101 Å². The van der Waals surface area contributed by atoms with Crippen molar-refractivity contribution in [2.45, 2.75) is 0 Å².